The maximum absolute atomic E-state index is 13.5. The SMILES string of the molecule is CCOC(=O)c1c(NC(=O)C(CC)Sc2c(=O)o[nH][n+]2-c2ccc(OC)cc2)sc2c1CCC(C(C)(C)C)C2. The molecule has 2 aromatic heterocycles. The van der Waals surface area contributed by atoms with Crippen molar-refractivity contribution < 1.29 is 28.3 Å². The van der Waals surface area contributed by atoms with Crippen LogP contribution in [-0.2, 0) is 22.4 Å². The molecule has 9 nitrogen and oxygen atoms in total. The fourth-order valence-electron chi connectivity index (χ4n) is 4.75. The van der Waals surface area contributed by atoms with Crippen molar-refractivity contribution in [3.05, 3.63) is 50.7 Å². The van der Waals surface area contributed by atoms with Crippen molar-refractivity contribution in [3.63, 3.8) is 0 Å². The number of anilines is 1. The van der Waals surface area contributed by atoms with Crippen LogP contribution in [0.15, 0.2) is 38.6 Å². The van der Waals surface area contributed by atoms with Crippen LogP contribution in [-0.4, -0.2) is 36.1 Å². The molecule has 1 aliphatic carbocycles. The molecular formula is C28H36N3O6S2+. The Balaban J connectivity index is 1.60. The summed E-state index contributed by atoms with van der Waals surface area (Å²) in [6.45, 7) is 10.6. The van der Waals surface area contributed by atoms with E-state index in [0.29, 0.717) is 34.3 Å². The molecule has 2 heterocycles. The predicted octanol–water partition coefficient (Wildman–Crippen LogP) is 5.15. The molecule has 0 saturated heterocycles. The molecule has 210 valence electrons. The molecule has 1 amide bonds. The normalized spacial score (nSPS) is 15.9. The number of thiophene rings is 1. The minimum atomic E-state index is -0.607. The van der Waals surface area contributed by atoms with Gasteiger partial charge in [-0.05, 0) is 83.4 Å². The first-order valence-electron chi connectivity index (χ1n) is 13.1. The Kier molecular flexibility index (Phi) is 8.90. The highest BCUT2D eigenvalue weighted by molar-refractivity contribution is 8.00. The quantitative estimate of drug-likeness (QED) is 0.206. The van der Waals surface area contributed by atoms with Gasteiger partial charge in [0.2, 0.25) is 11.6 Å². The number of ether oxygens (including phenoxy) is 2. The number of carbonyl (C=O) groups is 2. The molecule has 0 saturated carbocycles. The van der Waals surface area contributed by atoms with Crippen LogP contribution in [0.1, 0.15) is 68.3 Å². The van der Waals surface area contributed by atoms with E-state index in [1.165, 1.54) is 16.0 Å². The first kappa shape index (κ1) is 28.9. The predicted molar refractivity (Wildman–Crippen MR) is 151 cm³/mol. The lowest BCUT2D eigenvalue weighted by molar-refractivity contribution is -0.704. The van der Waals surface area contributed by atoms with Gasteiger partial charge in [0.25, 0.3) is 0 Å². The number of fused-ring (bicyclic) bond motifs is 1. The van der Waals surface area contributed by atoms with Gasteiger partial charge in [-0.15, -0.1) is 11.3 Å². The van der Waals surface area contributed by atoms with Crippen molar-refractivity contribution >= 4 is 40.0 Å². The van der Waals surface area contributed by atoms with Gasteiger partial charge in [-0.3, -0.25) is 9.32 Å². The van der Waals surface area contributed by atoms with Crippen molar-refractivity contribution in [2.24, 2.45) is 11.3 Å². The molecule has 3 aromatic rings. The number of methoxy groups -OCH3 is 1. The van der Waals surface area contributed by atoms with Gasteiger partial charge in [0.05, 0.1) is 24.5 Å². The summed E-state index contributed by atoms with van der Waals surface area (Å²) in [6, 6.07) is 7.10. The van der Waals surface area contributed by atoms with Crippen LogP contribution in [0.5, 0.6) is 5.75 Å². The van der Waals surface area contributed by atoms with Crippen molar-refractivity contribution in [2.45, 2.75) is 70.6 Å². The number of benzene rings is 1. The maximum atomic E-state index is 13.5. The number of H-pyrrole nitrogens is 1. The van der Waals surface area contributed by atoms with E-state index >= 15 is 0 Å². The second-order valence-electron chi connectivity index (χ2n) is 10.6. The van der Waals surface area contributed by atoms with Crippen LogP contribution < -0.4 is 20.4 Å². The Bertz CT molecular complexity index is 1380. The van der Waals surface area contributed by atoms with Crippen molar-refractivity contribution in [2.75, 3.05) is 19.0 Å². The number of nitrogens with one attached hydrogen (secondary N) is 2. The van der Waals surface area contributed by atoms with Crippen LogP contribution in [0.4, 0.5) is 5.00 Å². The highest BCUT2D eigenvalue weighted by Crippen LogP contribution is 2.44. The number of nitrogens with zero attached hydrogens (tertiary/aromatic N) is 1. The molecular weight excluding hydrogens is 538 g/mol. The van der Waals surface area contributed by atoms with Gasteiger partial charge in [-0.1, -0.05) is 27.7 Å². The van der Waals surface area contributed by atoms with Crippen molar-refractivity contribution in [1.82, 2.24) is 5.27 Å². The topological polar surface area (TPSA) is 115 Å². The van der Waals surface area contributed by atoms with Gasteiger partial charge in [-0.25, -0.2) is 9.59 Å². The Morgan fingerprint density at radius 2 is 1.97 bits per heavy atom. The Hall–Kier alpha value is -3.05. The molecule has 2 N–H and O–H groups in total. The lowest BCUT2D eigenvalue weighted by Gasteiger charge is -2.33. The minimum Gasteiger partial charge on any atom is -0.497 e. The number of thioether (sulfide) groups is 1. The van der Waals surface area contributed by atoms with E-state index in [9.17, 15) is 14.4 Å². The number of hydrogen-bond acceptors (Lipinski definition) is 8. The molecule has 1 aromatic carbocycles. The zero-order valence-electron chi connectivity index (χ0n) is 23.2. The summed E-state index contributed by atoms with van der Waals surface area (Å²) < 4.78 is 17.2. The zero-order chi connectivity index (χ0) is 28.3. The Labute approximate surface area is 236 Å². The third-order valence-corrected chi connectivity index (χ3v) is 9.64. The molecule has 0 bridgehead atoms. The largest absolute Gasteiger partial charge is 0.497 e. The van der Waals surface area contributed by atoms with Crippen molar-refractivity contribution in [3.8, 4) is 11.4 Å². The first-order chi connectivity index (χ1) is 18.6. The number of aromatic amines is 1. The molecule has 39 heavy (non-hydrogen) atoms. The average molecular weight is 575 g/mol. The molecule has 0 fully saturated rings. The maximum Gasteiger partial charge on any atom is 0.442 e. The van der Waals surface area contributed by atoms with Crippen LogP contribution in [0.3, 0.4) is 0 Å². The number of amides is 1. The number of rotatable bonds is 9. The second-order valence-corrected chi connectivity index (χ2v) is 12.9. The monoisotopic (exact) mass is 574 g/mol. The molecule has 1 aliphatic rings. The average Bonchev–Trinajstić information content (AvgIpc) is 3.45. The number of carbonyl (C=O) groups excluding carboxylic acids is 2. The highest BCUT2D eigenvalue weighted by atomic mass is 32.2. The minimum absolute atomic E-state index is 0.149. The molecule has 11 heteroatoms. The van der Waals surface area contributed by atoms with Gasteiger partial charge < -0.3 is 14.8 Å². The molecule has 2 atom stereocenters. The van der Waals surface area contributed by atoms with E-state index in [4.69, 9.17) is 14.0 Å². The van der Waals surface area contributed by atoms with E-state index in [2.05, 4.69) is 31.4 Å². The number of hydrogen-bond donors (Lipinski definition) is 2. The Morgan fingerprint density at radius 1 is 1.26 bits per heavy atom. The summed E-state index contributed by atoms with van der Waals surface area (Å²) in [5.41, 5.74) is 1.68. The number of esters is 1. The van der Waals surface area contributed by atoms with E-state index in [-0.39, 0.29) is 23.0 Å². The molecule has 4 rings (SSSR count). The van der Waals surface area contributed by atoms with E-state index < -0.39 is 16.8 Å². The van der Waals surface area contributed by atoms with Crippen LogP contribution in [0, 0.1) is 11.3 Å². The smallest absolute Gasteiger partial charge is 0.442 e. The molecule has 0 radical (unpaired) electrons. The summed E-state index contributed by atoms with van der Waals surface area (Å²) in [6.07, 6.45) is 3.07. The fourth-order valence-corrected chi connectivity index (χ4v) is 7.05. The lowest BCUT2D eigenvalue weighted by atomic mass is 9.72. The summed E-state index contributed by atoms with van der Waals surface area (Å²) in [4.78, 5) is 40.2. The first-order valence-corrected chi connectivity index (χ1v) is 14.8. The van der Waals surface area contributed by atoms with Gasteiger partial charge >= 0.3 is 16.6 Å². The summed E-state index contributed by atoms with van der Waals surface area (Å²) in [7, 11) is 1.58. The highest BCUT2D eigenvalue weighted by Gasteiger charge is 2.36. The summed E-state index contributed by atoms with van der Waals surface area (Å²) >= 11 is 2.58. The zero-order valence-corrected chi connectivity index (χ0v) is 24.8. The van der Waals surface area contributed by atoms with Crippen LogP contribution in [0.25, 0.3) is 5.69 Å². The van der Waals surface area contributed by atoms with E-state index in [1.54, 1.807) is 38.3 Å². The van der Waals surface area contributed by atoms with Crippen LogP contribution >= 0.6 is 23.1 Å². The molecule has 2 unspecified atom stereocenters. The van der Waals surface area contributed by atoms with Crippen LogP contribution in [0.2, 0.25) is 0 Å². The summed E-state index contributed by atoms with van der Waals surface area (Å²) in [5, 5.41) is 5.77. The van der Waals surface area contributed by atoms with E-state index in [1.807, 2.05) is 6.92 Å². The Morgan fingerprint density at radius 3 is 2.59 bits per heavy atom. The number of aromatic nitrogens is 2. The lowest BCUT2D eigenvalue weighted by Crippen LogP contribution is -2.37. The molecule has 0 spiro atoms. The standard InChI is InChI=1S/C28H35N3O6S2/c1-7-20(39-25-27(34)37-30-31(25)17-10-12-18(35-6)13-11-17)23(32)29-24-22(26(33)36-8-2)19-14-9-16(28(3,4)5)15-21(19)38-24/h10-13,16,20H,7-9,14-15H2,1-6H3,(H-,29,30,32,33,34)/p+1. The molecule has 0 aliphatic heterocycles. The van der Waals surface area contributed by atoms with Gasteiger partial charge in [-0.2, -0.15) is 0 Å². The van der Waals surface area contributed by atoms with Gasteiger partial charge in [0, 0.05) is 17.0 Å². The van der Waals surface area contributed by atoms with Crippen molar-refractivity contribution in [1.29, 1.82) is 0 Å². The van der Waals surface area contributed by atoms with Gasteiger partial charge in [0.15, 0.2) is 0 Å². The van der Waals surface area contributed by atoms with E-state index in [0.717, 1.165) is 41.5 Å². The second kappa shape index (κ2) is 12.0. The third kappa shape index (κ3) is 6.24. The fraction of sp³-hybridized carbons (Fsp3) is 0.500. The summed E-state index contributed by atoms with van der Waals surface area (Å²) in [5.74, 6) is 0.460. The third-order valence-electron chi connectivity index (χ3n) is 7.06. The van der Waals surface area contributed by atoms with Gasteiger partial charge in [0.1, 0.15) is 10.8 Å².